The Morgan fingerprint density at radius 2 is 1.87 bits per heavy atom. The zero-order valence-corrected chi connectivity index (χ0v) is 17.3. The van der Waals surface area contributed by atoms with Crippen LogP contribution in [0.15, 0.2) is 48.5 Å². The Hall–Kier alpha value is -3.29. The van der Waals surface area contributed by atoms with Gasteiger partial charge in [0.05, 0.1) is 18.7 Å². The second kappa shape index (κ2) is 7.76. The van der Waals surface area contributed by atoms with Gasteiger partial charge in [0.2, 0.25) is 0 Å². The molecule has 0 radical (unpaired) electrons. The number of nitrogens with zero attached hydrogens (tertiary/aromatic N) is 2. The van der Waals surface area contributed by atoms with Crippen molar-refractivity contribution in [2.24, 2.45) is 5.92 Å². The average Bonchev–Trinajstić information content (AvgIpc) is 3.26. The van der Waals surface area contributed by atoms with Crippen molar-refractivity contribution in [1.29, 1.82) is 0 Å². The van der Waals surface area contributed by atoms with E-state index in [0.29, 0.717) is 29.0 Å². The standard InChI is InChI=1S/C23H22F3N3O2/c1-13(2)11-18-19-20(28-27-18)22(30)29(16-7-9-17(31-3)10-8-16)21(19)14-5-4-6-15(12-14)23(24,25)26/h4-10,12-13,21H,11H2,1-3H3,(H,27,28). The Kier molecular flexibility index (Phi) is 5.24. The molecular formula is C23H22F3N3O2. The second-order valence-electron chi connectivity index (χ2n) is 7.96. The van der Waals surface area contributed by atoms with Gasteiger partial charge in [-0.2, -0.15) is 18.3 Å². The molecule has 8 heteroatoms. The van der Waals surface area contributed by atoms with E-state index in [1.54, 1.807) is 30.3 Å². The molecule has 0 spiro atoms. The summed E-state index contributed by atoms with van der Waals surface area (Å²) in [6.07, 6.45) is -3.86. The molecule has 0 saturated carbocycles. The predicted octanol–water partition coefficient (Wildman–Crippen LogP) is 5.39. The van der Waals surface area contributed by atoms with Crippen LogP contribution in [0.4, 0.5) is 18.9 Å². The van der Waals surface area contributed by atoms with Crippen molar-refractivity contribution in [3.05, 3.63) is 76.6 Å². The first kappa shape index (κ1) is 21.0. The summed E-state index contributed by atoms with van der Waals surface area (Å²) in [4.78, 5) is 14.8. The summed E-state index contributed by atoms with van der Waals surface area (Å²) < 4.78 is 45.4. The number of carbonyl (C=O) groups excluding carboxylic acids is 1. The number of halogens is 3. The van der Waals surface area contributed by atoms with Gasteiger partial charge in [0, 0.05) is 16.9 Å². The van der Waals surface area contributed by atoms with E-state index < -0.39 is 17.8 Å². The third kappa shape index (κ3) is 3.78. The maximum Gasteiger partial charge on any atom is 0.416 e. The largest absolute Gasteiger partial charge is 0.497 e. The number of alkyl halides is 3. The van der Waals surface area contributed by atoms with Crippen LogP contribution >= 0.6 is 0 Å². The van der Waals surface area contributed by atoms with Crippen LogP contribution in [0.2, 0.25) is 0 Å². The lowest BCUT2D eigenvalue weighted by Gasteiger charge is -2.27. The van der Waals surface area contributed by atoms with Gasteiger partial charge in [-0.05, 0) is 54.3 Å². The molecule has 1 aliphatic rings. The van der Waals surface area contributed by atoms with Gasteiger partial charge in [0.1, 0.15) is 5.75 Å². The zero-order chi connectivity index (χ0) is 22.3. The smallest absolute Gasteiger partial charge is 0.416 e. The number of aromatic nitrogens is 2. The molecule has 0 bridgehead atoms. The van der Waals surface area contributed by atoms with Crippen LogP contribution in [0.3, 0.4) is 0 Å². The lowest BCUT2D eigenvalue weighted by molar-refractivity contribution is -0.137. The number of anilines is 1. The number of carbonyl (C=O) groups is 1. The molecule has 1 aromatic heterocycles. The topological polar surface area (TPSA) is 58.2 Å². The van der Waals surface area contributed by atoms with Crippen molar-refractivity contribution in [2.75, 3.05) is 12.0 Å². The first-order valence-electron chi connectivity index (χ1n) is 9.92. The van der Waals surface area contributed by atoms with Gasteiger partial charge < -0.3 is 4.74 Å². The van der Waals surface area contributed by atoms with E-state index in [2.05, 4.69) is 10.2 Å². The molecule has 1 unspecified atom stereocenters. The molecule has 0 saturated heterocycles. The van der Waals surface area contributed by atoms with Crippen LogP contribution in [0, 0.1) is 5.92 Å². The van der Waals surface area contributed by atoms with Gasteiger partial charge >= 0.3 is 6.18 Å². The highest BCUT2D eigenvalue weighted by molar-refractivity contribution is 6.10. The number of fused-ring (bicyclic) bond motifs is 1. The quantitative estimate of drug-likeness (QED) is 0.592. The van der Waals surface area contributed by atoms with Crippen molar-refractivity contribution in [3.63, 3.8) is 0 Å². The van der Waals surface area contributed by atoms with E-state index in [1.807, 2.05) is 13.8 Å². The number of methoxy groups -OCH3 is 1. The molecule has 2 aromatic carbocycles. The number of rotatable bonds is 5. The molecule has 1 atom stereocenters. The summed E-state index contributed by atoms with van der Waals surface area (Å²) in [6, 6.07) is 11.3. The summed E-state index contributed by atoms with van der Waals surface area (Å²) in [6.45, 7) is 4.06. The fourth-order valence-corrected chi connectivity index (χ4v) is 3.98. The Bertz CT molecular complexity index is 1100. The van der Waals surface area contributed by atoms with Crippen LogP contribution < -0.4 is 9.64 Å². The number of hydrogen-bond donors (Lipinski definition) is 1. The molecule has 2 heterocycles. The van der Waals surface area contributed by atoms with Gasteiger partial charge in [0.15, 0.2) is 5.69 Å². The van der Waals surface area contributed by atoms with Gasteiger partial charge in [-0.1, -0.05) is 26.0 Å². The Morgan fingerprint density at radius 3 is 2.48 bits per heavy atom. The zero-order valence-electron chi connectivity index (χ0n) is 17.3. The van der Waals surface area contributed by atoms with Crippen molar-refractivity contribution >= 4 is 11.6 Å². The second-order valence-corrected chi connectivity index (χ2v) is 7.96. The maximum absolute atomic E-state index is 13.4. The first-order valence-corrected chi connectivity index (χ1v) is 9.92. The van der Waals surface area contributed by atoms with Crippen LogP contribution in [0.1, 0.15) is 52.8 Å². The molecule has 3 aromatic rings. The number of benzene rings is 2. The molecule has 31 heavy (non-hydrogen) atoms. The van der Waals surface area contributed by atoms with Gasteiger partial charge in [-0.25, -0.2) is 0 Å². The van der Waals surface area contributed by atoms with Crippen molar-refractivity contribution in [1.82, 2.24) is 10.2 Å². The molecule has 1 N–H and O–H groups in total. The van der Waals surface area contributed by atoms with Crippen molar-refractivity contribution in [3.8, 4) is 5.75 Å². The fraction of sp³-hybridized carbons (Fsp3) is 0.304. The van der Waals surface area contributed by atoms with Gasteiger partial charge in [-0.3, -0.25) is 14.8 Å². The molecule has 0 fully saturated rings. The third-order valence-corrected chi connectivity index (χ3v) is 5.33. The predicted molar refractivity (Wildman–Crippen MR) is 110 cm³/mol. The third-order valence-electron chi connectivity index (χ3n) is 5.33. The van der Waals surface area contributed by atoms with E-state index >= 15 is 0 Å². The summed E-state index contributed by atoms with van der Waals surface area (Å²) in [5.41, 5.74) is 1.82. The van der Waals surface area contributed by atoms with E-state index in [1.165, 1.54) is 18.1 Å². The lowest BCUT2D eigenvalue weighted by Crippen LogP contribution is -2.29. The number of aromatic amines is 1. The molecule has 4 rings (SSSR count). The number of hydrogen-bond acceptors (Lipinski definition) is 3. The highest BCUT2D eigenvalue weighted by atomic mass is 19.4. The highest BCUT2D eigenvalue weighted by Gasteiger charge is 2.43. The minimum absolute atomic E-state index is 0.244. The van der Waals surface area contributed by atoms with Crippen LogP contribution in [-0.4, -0.2) is 23.2 Å². The Morgan fingerprint density at radius 1 is 1.16 bits per heavy atom. The summed E-state index contributed by atoms with van der Waals surface area (Å²) >= 11 is 0. The summed E-state index contributed by atoms with van der Waals surface area (Å²) in [5.74, 6) is 0.538. The highest BCUT2D eigenvalue weighted by Crippen LogP contribution is 2.44. The molecule has 1 aliphatic heterocycles. The van der Waals surface area contributed by atoms with E-state index in [9.17, 15) is 18.0 Å². The summed E-state index contributed by atoms with van der Waals surface area (Å²) in [7, 11) is 1.54. The minimum atomic E-state index is -4.48. The number of amides is 1. The van der Waals surface area contributed by atoms with E-state index in [4.69, 9.17) is 4.74 Å². The van der Waals surface area contributed by atoms with E-state index in [-0.39, 0.29) is 17.5 Å². The van der Waals surface area contributed by atoms with Crippen LogP contribution in [-0.2, 0) is 12.6 Å². The number of H-pyrrole nitrogens is 1. The van der Waals surface area contributed by atoms with Crippen molar-refractivity contribution < 1.29 is 22.7 Å². The maximum atomic E-state index is 13.4. The van der Waals surface area contributed by atoms with Crippen molar-refractivity contribution in [2.45, 2.75) is 32.5 Å². The van der Waals surface area contributed by atoms with Gasteiger partial charge in [-0.15, -0.1) is 0 Å². The molecular weight excluding hydrogens is 407 g/mol. The van der Waals surface area contributed by atoms with Crippen LogP contribution in [0.5, 0.6) is 5.75 Å². The SMILES string of the molecule is COc1ccc(N2C(=O)c3n[nH]c(CC(C)C)c3C2c2cccc(C(F)(F)F)c2)cc1. The van der Waals surface area contributed by atoms with Crippen LogP contribution in [0.25, 0.3) is 0 Å². The molecule has 162 valence electrons. The Labute approximate surface area is 177 Å². The molecule has 1 amide bonds. The van der Waals surface area contributed by atoms with E-state index in [0.717, 1.165) is 17.8 Å². The number of nitrogens with one attached hydrogen (secondary N) is 1. The number of ether oxygens (including phenoxy) is 1. The Balaban J connectivity index is 1.88. The normalized spacial score (nSPS) is 16.2. The summed E-state index contributed by atoms with van der Waals surface area (Å²) in [5, 5.41) is 7.16. The monoisotopic (exact) mass is 429 g/mol. The molecule has 5 nitrogen and oxygen atoms in total. The lowest BCUT2D eigenvalue weighted by atomic mass is 9.94. The van der Waals surface area contributed by atoms with Gasteiger partial charge in [0.25, 0.3) is 5.91 Å². The average molecular weight is 429 g/mol. The molecule has 0 aliphatic carbocycles. The minimum Gasteiger partial charge on any atom is -0.497 e. The first-order chi connectivity index (χ1) is 14.7. The fourth-order valence-electron chi connectivity index (χ4n) is 3.98.